The second kappa shape index (κ2) is 4.40. The van der Waals surface area contributed by atoms with Crippen LogP contribution in [-0.2, 0) is 4.74 Å². The van der Waals surface area contributed by atoms with Gasteiger partial charge in [-0.05, 0) is 38.6 Å². The van der Waals surface area contributed by atoms with Crippen LogP contribution in [0.3, 0.4) is 0 Å². The summed E-state index contributed by atoms with van der Waals surface area (Å²) < 4.78 is 5.83. The predicted octanol–water partition coefficient (Wildman–Crippen LogP) is 1.22. The summed E-state index contributed by atoms with van der Waals surface area (Å²) in [6, 6.07) is 0.401. The van der Waals surface area contributed by atoms with Gasteiger partial charge in [-0.3, -0.25) is 0 Å². The van der Waals surface area contributed by atoms with Gasteiger partial charge in [-0.1, -0.05) is 6.92 Å². The highest BCUT2D eigenvalue weighted by molar-refractivity contribution is 4.88. The first kappa shape index (κ1) is 11.4. The molecule has 0 aromatic heterocycles. The van der Waals surface area contributed by atoms with Crippen LogP contribution in [0.4, 0.5) is 0 Å². The maximum atomic E-state index is 6.02. The molecule has 2 aliphatic heterocycles. The van der Waals surface area contributed by atoms with Crippen LogP contribution in [0.25, 0.3) is 0 Å². The lowest BCUT2D eigenvalue weighted by atomic mass is 9.93. The van der Waals surface area contributed by atoms with Crippen molar-refractivity contribution in [3.8, 4) is 0 Å². The lowest BCUT2D eigenvalue weighted by Crippen LogP contribution is -2.50. The highest BCUT2D eigenvalue weighted by Crippen LogP contribution is 2.27. The van der Waals surface area contributed by atoms with Gasteiger partial charge in [0.2, 0.25) is 0 Å². The molecule has 0 aliphatic carbocycles. The smallest absolute Gasteiger partial charge is 0.0781 e. The molecule has 3 unspecified atom stereocenters. The summed E-state index contributed by atoms with van der Waals surface area (Å²) >= 11 is 0. The van der Waals surface area contributed by atoms with Crippen molar-refractivity contribution >= 4 is 0 Å². The standard InChI is InChI=1S/C12H24N2O/c1-10-8-14(6-4-11(10)13)9-12(2)5-3-7-15-12/h10-11H,3-9,13H2,1-2H3. The quantitative estimate of drug-likeness (QED) is 0.748. The number of rotatable bonds is 2. The van der Waals surface area contributed by atoms with Crippen molar-refractivity contribution in [1.82, 2.24) is 4.90 Å². The van der Waals surface area contributed by atoms with Crippen LogP contribution in [0.2, 0.25) is 0 Å². The first-order valence-electron chi connectivity index (χ1n) is 6.21. The zero-order valence-corrected chi connectivity index (χ0v) is 10.0. The zero-order valence-electron chi connectivity index (χ0n) is 10.0. The van der Waals surface area contributed by atoms with E-state index in [1.54, 1.807) is 0 Å². The molecule has 2 fully saturated rings. The molecule has 2 N–H and O–H groups in total. The number of nitrogens with zero attached hydrogens (tertiary/aromatic N) is 1. The van der Waals surface area contributed by atoms with Crippen LogP contribution in [0.15, 0.2) is 0 Å². The second-order valence-electron chi connectivity index (χ2n) is 5.57. The van der Waals surface area contributed by atoms with Gasteiger partial charge in [0, 0.05) is 25.7 Å². The number of nitrogens with two attached hydrogens (primary N) is 1. The Labute approximate surface area is 93.0 Å². The van der Waals surface area contributed by atoms with Crippen molar-refractivity contribution in [3.63, 3.8) is 0 Å². The van der Waals surface area contributed by atoms with Crippen LogP contribution in [-0.4, -0.2) is 42.8 Å². The Morgan fingerprint density at radius 1 is 1.53 bits per heavy atom. The molecule has 0 aromatic carbocycles. The van der Waals surface area contributed by atoms with E-state index in [2.05, 4.69) is 18.7 Å². The normalized spacial score (nSPS) is 43.4. The highest BCUT2D eigenvalue weighted by Gasteiger charge is 2.34. The van der Waals surface area contributed by atoms with Gasteiger partial charge in [0.25, 0.3) is 0 Å². The van der Waals surface area contributed by atoms with Gasteiger partial charge in [0.15, 0.2) is 0 Å². The lowest BCUT2D eigenvalue weighted by molar-refractivity contribution is -0.0183. The fourth-order valence-electron chi connectivity index (χ4n) is 2.83. The van der Waals surface area contributed by atoms with Gasteiger partial charge < -0.3 is 15.4 Å². The minimum Gasteiger partial charge on any atom is -0.374 e. The maximum Gasteiger partial charge on any atom is 0.0781 e. The molecule has 15 heavy (non-hydrogen) atoms. The molecule has 2 heterocycles. The van der Waals surface area contributed by atoms with Gasteiger partial charge in [0.1, 0.15) is 0 Å². The summed E-state index contributed by atoms with van der Waals surface area (Å²) in [6.07, 6.45) is 3.57. The van der Waals surface area contributed by atoms with Crippen molar-refractivity contribution in [2.45, 2.75) is 44.8 Å². The third kappa shape index (κ3) is 2.71. The van der Waals surface area contributed by atoms with Crippen LogP contribution in [0.5, 0.6) is 0 Å². The summed E-state index contributed by atoms with van der Waals surface area (Å²) in [6.45, 7) is 8.82. The molecule has 2 saturated heterocycles. The van der Waals surface area contributed by atoms with Crippen LogP contribution in [0, 0.1) is 5.92 Å². The van der Waals surface area contributed by atoms with Gasteiger partial charge in [-0.2, -0.15) is 0 Å². The Morgan fingerprint density at radius 3 is 2.93 bits per heavy atom. The molecule has 2 rings (SSSR count). The van der Waals surface area contributed by atoms with Crippen molar-refractivity contribution in [2.24, 2.45) is 11.7 Å². The maximum absolute atomic E-state index is 6.02. The summed E-state index contributed by atoms with van der Waals surface area (Å²) in [5, 5.41) is 0. The number of likely N-dealkylation sites (tertiary alicyclic amines) is 1. The minimum absolute atomic E-state index is 0.112. The summed E-state index contributed by atoms with van der Waals surface area (Å²) in [5.41, 5.74) is 6.14. The summed E-state index contributed by atoms with van der Waals surface area (Å²) in [4.78, 5) is 2.53. The van der Waals surface area contributed by atoms with E-state index in [4.69, 9.17) is 10.5 Å². The fraction of sp³-hybridized carbons (Fsp3) is 1.00. The van der Waals surface area contributed by atoms with E-state index >= 15 is 0 Å². The third-order valence-corrected chi connectivity index (χ3v) is 3.91. The van der Waals surface area contributed by atoms with Gasteiger partial charge in [0.05, 0.1) is 5.60 Å². The first-order chi connectivity index (χ1) is 7.09. The predicted molar refractivity (Wildman–Crippen MR) is 61.8 cm³/mol. The van der Waals surface area contributed by atoms with Crippen LogP contribution < -0.4 is 5.73 Å². The molecule has 0 bridgehead atoms. The van der Waals surface area contributed by atoms with E-state index in [1.165, 1.54) is 12.8 Å². The molecular formula is C12H24N2O. The largest absolute Gasteiger partial charge is 0.374 e. The minimum atomic E-state index is 0.112. The van der Waals surface area contributed by atoms with Crippen molar-refractivity contribution in [1.29, 1.82) is 0 Å². The Balaban J connectivity index is 1.84. The van der Waals surface area contributed by atoms with Crippen LogP contribution >= 0.6 is 0 Å². The molecule has 3 atom stereocenters. The highest BCUT2D eigenvalue weighted by atomic mass is 16.5. The average molecular weight is 212 g/mol. The second-order valence-corrected chi connectivity index (χ2v) is 5.57. The Bertz CT molecular complexity index is 214. The van der Waals surface area contributed by atoms with E-state index in [9.17, 15) is 0 Å². The zero-order chi connectivity index (χ0) is 10.9. The molecule has 0 spiro atoms. The van der Waals surface area contributed by atoms with Gasteiger partial charge >= 0.3 is 0 Å². The molecule has 0 aromatic rings. The van der Waals surface area contributed by atoms with E-state index in [0.717, 1.165) is 32.7 Å². The van der Waals surface area contributed by atoms with Gasteiger partial charge in [-0.25, -0.2) is 0 Å². The van der Waals surface area contributed by atoms with E-state index < -0.39 is 0 Å². The lowest BCUT2D eigenvalue weighted by Gasteiger charge is -2.39. The number of ether oxygens (including phenoxy) is 1. The van der Waals surface area contributed by atoms with Crippen molar-refractivity contribution in [3.05, 3.63) is 0 Å². The molecular weight excluding hydrogens is 188 g/mol. The number of piperidine rings is 1. The third-order valence-electron chi connectivity index (χ3n) is 3.91. The fourth-order valence-corrected chi connectivity index (χ4v) is 2.83. The summed E-state index contributed by atoms with van der Waals surface area (Å²) in [7, 11) is 0. The molecule has 2 aliphatic rings. The summed E-state index contributed by atoms with van der Waals surface area (Å²) in [5.74, 6) is 0.628. The van der Waals surface area contributed by atoms with E-state index in [-0.39, 0.29) is 5.60 Å². The van der Waals surface area contributed by atoms with Gasteiger partial charge in [-0.15, -0.1) is 0 Å². The molecule has 0 amide bonds. The number of hydrogen-bond acceptors (Lipinski definition) is 3. The first-order valence-corrected chi connectivity index (χ1v) is 6.21. The topological polar surface area (TPSA) is 38.5 Å². The average Bonchev–Trinajstić information content (AvgIpc) is 2.59. The SMILES string of the molecule is CC1CN(CC2(C)CCCO2)CCC1N. The van der Waals surface area contributed by atoms with Crippen molar-refractivity contribution in [2.75, 3.05) is 26.2 Å². The number of hydrogen-bond donors (Lipinski definition) is 1. The molecule has 3 nitrogen and oxygen atoms in total. The molecule has 88 valence electrons. The molecule has 0 saturated carbocycles. The molecule has 3 heteroatoms. The monoisotopic (exact) mass is 212 g/mol. The van der Waals surface area contributed by atoms with E-state index in [0.29, 0.717) is 12.0 Å². The van der Waals surface area contributed by atoms with E-state index in [1.807, 2.05) is 0 Å². The van der Waals surface area contributed by atoms with Crippen molar-refractivity contribution < 1.29 is 4.74 Å². The Kier molecular flexibility index (Phi) is 3.33. The van der Waals surface area contributed by atoms with Crippen LogP contribution in [0.1, 0.15) is 33.1 Å². The Hall–Kier alpha value is -0.120. The Morgan fingerprint density at radius 2 is 2.33 bits per heavy atom. The molecule has 0 radical (unpaired) electrons.